The van der Waals surface area contributed by atoms with E-state index in [-0.39, 0.29) is 48.4 Å². The number of phosphoric ester groups is 1. The number of esters is 1. The number of allylic oxidation sites excluding steroid dienone is 2. The van der Waals surface area contributed by atoms with Crippen LogP contribution in [-0.4, -0.2) is 73.3 Å². The summed E-state index contributed by atoms with van der Waals surface area (Å²) in [5.41, 5.74) is 7.22. The van der Waals surface area contributed by atoms with Gasteiger partial charge in [0.25, 0.3) is 5.91 Å². The van der Waals surface area contributed by atoms with Crippen LogP contribution in [-0.2, 0) is 40.2 Å². The number of carbonyl (C=O) groups excluding carboxylic acids is 3. The van der Waals surface area contributed by atoms with E-state index in [0.717, 1.165) is 28.8 Å². The first kappa shape index (κ1) is 44.1. The Morgan fingerprint density at radius 2 is 1.72 bits per heavy atom. The molecule has 1 saturated heterocycles. The van der Waals surface area contributed by atoms with Crippen molar-refractivity contribution < 1.29 is 46.7 Å². The molecule has 15 heteroatoms. The molecule has 312 valence electrons. The van der Waals surface area contributed by atoms with Crippen LogP contribution < -0.4 is 35.1 Å². The number of amides is 2. The molecule has 2 aliphatic heterocycles. The van der Waals surface area contributed by atoms with Gasteiger partial charge in [-0.1, -0.05) is 24.3 Å². The molecule has 2 aromatic carbocycles. The van der Waals surface area contributed by atoms with Crippen LogP contribution in [0.25, 0.3) is 12.2 Å². The fraction of sp³-hybridized carbons (Fsp3) is 0.548. The van der Waals surface area contributed by atoms with Crippen LogP contribution in [0.4, 0.5) is 11.4 Å². The van der Waals surface area contributed by atoms with Crippen LogP contribution in [0.3, 0.4) is 0 Å². The van der Waals surface area contributed by atoms with Crippen LogP contribution >= 0.6 is 19.4 Å². The van der Waals surface area contributed by atoms with Gasteiger partial charge < -0.3 is 34.3 Å². The molecule has 0 unspecified atom stereocenters. The minimum atomic E-state index is -4.18. The Labute approximate surface area is 340 Å². The predicted molar refractivity (Wildman–Crippen MR) is 221 cm³/mol. The fourth-order valence-electron chi connectivity index (χ4n) is 7.25. The van der Waals surface area contributed by atoms with Crippen molar-refractivity contribution in [3.63, 3.8) is 0 Å². The number of alkyl halides is 1. The number of hydrogen-bond donors (Lipinski definition) is 1. The van der Waals surface area contributed by atoms with Gasteiger partial charge in [-0.3, -0.25) is 23.4 Å². The Kier molecular flexibility index (Phi) is 14.1. The van der Waals surface area contributed by atoms with E-state index in [4.69, 9.17) is 45.1 Å². The van der Waals surface area contributed by atoms with Gasteiger partial charge in [0, 0.05) is 54.5 Å². The summed E-state index contributed by atoms with van der Waals surface area (Å²) in [7, 11) is -2.69. The van der Waals surface area contributed by atoms with E-state index < -0.39 is 19.0 Å². The third kappa shape index (κ3) is 10.9. The average Bonchev–Trinajstić information content (AvgIpc) is 3.78. The number of benzene rings is 2. The Morgan fingerprint density at radius 1 is 1.00 bits per heavy atom. The van der Waals surface area contributed by atoms with E-state index in [0.29, 0.717) is 79.4 Å². The van der Waals surface area contributed by atoms with Crippen molar-refractivity contribution in [3.8, 4) is 17.2 Å². The zero-order valence-corrected chi connectivity index (χ0v) is 36.1. The maximum Gasteiger partial charge on any atom is 0.531 e. The molecule has 57 heavy (non-hydrogen) atoms. The van der Waals surface area contributed by atoms with E-state index in [9.17, 15) is 18.9 Å². The van der Waals surface area contributed by atoms with E-state index in [1.54, 1.807) is 63.5 Å². The highest BCUT2D eigenvalue weighted by Gasteiger charge is 2.41. The number of ether oxygens (including phenoxy) is 3. The van der Waals surface area contributed by atoms with Crippen LogP contribution in [0.15, 0.2) is 24.3 Å². The zero-order valence-electron chi connectivity index (χ0n) is 34.4. The van der Waals surface area contributed by atoms with Gasteiger partial charge in [0.15, 0.2) is 11.5 Å². The SMILES string of the molecule is COc1cc(C(=O)N2CCC[C@H]2COC(C)=O)c(N)cc1OCCCCCC(=O)N1CC=c2c1c(CCl)c(OP(=O)(OC(C)(C)C)OC(C)(C)C)c1c2=CC=CC1. The summed E-state index contributed by atoms with van der Waals surface area (Å²) in [6.45, 7) is 13.4. The number of nitrogens with zero attached hydrogens (tertiary/aromatic N) is 2. The third-order valence-corrected chi connectivity index (χ3v) is 11.8. The van der Waals surface area contributed by atoms with Crippen LogP contribution in [0.1, 0.15) is 108 Å². The number of likely N-dealkylation sites (tertiary alicyclic amines) is 1. The van der Waals surface area contributed by atoms with E-state index in [2.05, 4.69) is 0 Å². The van der Waals surface area contributed by atoms with Gasteiger partial charge in [-0.25, -0.2) is 4.57 Å². The Bertz CT molecular complexity index is 2040. The van der Waals surface area contributed by atoms with Gasteiger partial charge in [-0.15, -0.1) is 11.6 Å². The van der Waals surface area contributed by atoms with Gasteiger partial charge in [-0.05, 0) is 91.4 Å². The van der Waals surface area contributed by atoms with Gasteiger partial charge >= 0.3 is 13.8 Å². The van der Waals surface area contributed by atoms with Crippen molar-refractivity contribution in [2.45, 2.75) is 117 Å². The zero-order chi connectivity index (χ0) is 41.7. The summed E-state index contributed by atoms with van der Waals surface area (Å²) in [4.78, 5) is 42.0. The van der Waals surface area contributed by atoms with Crippen LogP contribution in [0, 0.1) is 0 Å². The first-order valence-corrected chi connectivity index (χ1v) is 21.5. The number of halogens is 1. The van der Waals surface area contributed by atoms with Crippen LogP contribution in [0.2, 0.25) is 0 Å². The number of carbonyl (C=O) groups is 3. The summed E-state index contributed by atoms with van der Waals surface area (Å²) in [5.74, 6) is 0.397. The molecule has 0 bridgehead atoms. The molecular formula is C42H57ClN3O10P. The highest BCUT2D eigenvalue weighted by molar-refractivity contribution is 7.49. The van der Waals surface area contributed by atoms with Crippen molar-refractivity contribution in [2.24, 2.45) is 0 Å². The summed E-state index contributed by atoms with van der Waals surface area (Å²) < 4.78 is 49.4. The number of unbranched alkanes of at least 4 members (excludes halogenated alkanes) is 2. The minimum Gasteiger partial charge on any atom is -0.493 e. The quantitative estimate of drug-likeness (QED) is 0.0614. The Morgan fingerprint density at radius 3 is 2.37 bits per heavy atom. The maximum atomic E-state index is 14.3. The number of hydrogen-bond acceptors (Lipinski definition) is 11. The lowest BCUT2D eigenvalue weighted by Crippen LogP contribution is -2.39. The van der Waals surface area contributed by atoms with Gasteiger partial charge in [0.2, 0.25) is 5.91 Å². The molecule has 1 atom stereocenters. The molecule has 5 rings (SSSR count). The second-order valence-electron chi connectivity index (χ2n) is 16.4. The van der Waals surface area contributed by atoms with Gasteiger partial charge in [0.05, 0.1) is 48.1 Å². The largest absolute Gasteiger partial charge is 0.531 e. The standard InChI is InChI=1S/C42H57ClN3O10P/c1-27(47)53-26-28-15-14-20-45(28)40(49)32-23-35(51-8)36(24-34(32)44)52-22-13-9-10-18-37(48)46-21-19-30-29-16-11-12-17-31(29)39(33(25-43)38(30)46)54-57(50,55-41(2,3)4)56-42(5,6)7/h11-12,16,19,23-24,28H,9-10,13-15,17-18,20-22,25-26,44H2,1-8H3/t28-/m0/s1. The van der Waals surface area contributed by atoms with Gasteiger partial charge in [0.1, 0.15) is 12.4 Å². The normalized spacial score (nSPS) is 16.4. The number of nitrogen functional groups attached to an aromatic ring is 1. The van der Waals surface area contributed by atoms with Crippen molar-refractivity contribution in [2.75, 3.05) is 44.0 Å². The number of methoxy groups -OCH3 is 1. The number of anilines is 2. The van der Waals surface area contributed by atoms with Crippen molar-refractivity contribution in [1.82, 2.24) is 4.90 Å². The van der Waals surface area contributed by atoms with E-state index in [1.807, 2.05) is 24.3 Å². The fourth-order valence-corrected chi connectivity index (χ4v) is 9.39. The molecule has 0 radical (unpaired) electrons. The summed E-state index contributed by atoms with van der Waals surface area (Å²) in [6.07, 6.45) is 12.3. The first-order valence-electron chi connectivity index (χ1n) is 19.5. The Hall–Kier alpha value is -4.03. The lowest BCUT2D eigenvalue weighted by atomic mass is 9.96. The molecule has 2 N–H and O–H groups in total. The minimum absolute atomic E-state index is 0.00658. The maximum absolute atomic E-state index is 14.3. The molecule has 0 aromatic heterocycles. The summed E-state index contributed by atoms with van der Waals surface area (Å²) >= 11 is 6.65. The third-order valence-electron chi connectivity index (χ3n) is 9.56. The summed E-state index contributed by atoms with van der Waals surface area (Å²) in [6, 6.07) is 2.97. The molecule has 1 fully saturated rings. The molecule has 1 aliphatic carbocycles. The molecule has 0 spiro atoms. The first-order chi connectivity index (χ1) is 26.8. The second kappa shape index (κ2) is 18.3. The molecule has 13 nitrogen and oxygen atoms in total. The lowest BCUT2D eigenvalue weighted by Gasteiger charge is -2.32. The molecule has 2 heterocycles. The van der Waals surface area contributed by atoms with Crippen molar-refractivity contribution in [1.29, 1.82) is 0 Å². The smallest absolute Gasteiger partial charge is 0.493 e. The average molecular weight is 830 g/mol. The highest BCUT2D eigenvalue weighted by Crippen LogP contribution is 2.56. The number of phosphoric acid groups is 1. The van der Waals surface area contributed by atoms with Crippen LogP contribution in [0.5, 0.6) is 17.2 Å². The molecule has 0 saturated carbocycles. The monoisotopic (exact) mass is 829 g/mol. The second-order valence-corrected chi connectivity index (χ2v) is 18.1. The molecule has 2 aromatic rings. The molecular weight excluding hydrogens is 773 g/mol. The molecule has 2 amide bonds. The van der Waals surface area contributed by atoms with Gasteiger partial charge in [-0.2, -0.15) is 0 Å². The number of nitrogens with two attached hydrogens (primary N) is 1. The van der Waals surface area contributed by atoms with E-state index >= 15 is 0 Å². The lowest BCUT2D eigenvalue weighted by molar-refractivity contribution is -0.142. The van der Waals surface area contributed by atoms with E-state index in [1.165, 1.54) is 14.0 Å². The summed E-state index contributed by atoms with van der Waals surface area (Å²) in [5, 5.41) is 1.78. The number of rotatable bonds is 16. The number of fused-ring (bicyclic) bond motifs is 3. The predicted octanol–water partition coefficient (Wildman–Crippen LogP) is 6.96. The topological polar surface area (TPSA) is 156 Å². The van der Waals surface area contributed by atoms with Crippen molar-refractivity contribution >= 4 is 60.7 Å². The van der Waals surface area contributed by atoms with Crippen molar-refractivity contribution in [3.05, 3.63) is 51.4 Å². The molecule has 3 aliphatic rings. The highest BCUT2D eigenvalue weighted by atomic mass is 35.5. The Balaban J connectivity index is 1.24.